The number of nitrogen functional groups attached to an aromatic ring is 1. The summed E-state index contributed by atoms with van der Waals surface area (Å²) in [7, 11) is 1.59. The average molecular weight is 278 g/mol. The van der Waals surface area contributed by atoms with Gasteiger partial charge in [-0.25, -0.2) is 4.98 Å². The van der Waals surface area contributed by atoms with E-state index in [0.717, 1.165) is 11.6 Å². The quantitative estimate of drug-likeness (QED) is 0.885. The van der Waals surface area contributed by atoms with Crippen LogP contribution >= 0.6 is 0 Å². The molecule has 2 atom stereocenters. The summed E-state index contributed by atoms with van der Waals surface area (Å²) in [5.74, 6) is 2.84. The van der Waals surface area contributed by atoms with Crippen LogP contribution in [0.3, 0.4) is 0 Å². The second kappa shape index (κ2) is 6.29. The van der Waals surface area contributed by atoms with Crippen LogP contribution in [-0.2, 0) is 0 Å². The summed E-state index contributed by atoms with van der Waals surface area (Å²) in [6, 6.07) is 0.436. The summed E-state index contributed by atoms with van der Waals surface area (Å²) in [4.78, 5) is 8.95. The fourth-order valence-electron chi connectivity index (χ4n) is 2.70. The summed E-state index contributed by atoms with van der Waals surface area (Å²) in [5, 5.41) is 3.51. The van der Waals surface area contributed by atoms with E-state index in [9.17, 15) is 0 Å². The van der Waals surface area contributed by atoms with Crippen molar-refractivity contribution in [3.63, 3.8) is 0 Å². The molecule has 1 heterocycles. The molecule has 0 amide bonds. The Kier molecular flexibility index (Phi) is 4.68. The standard InChI is InChI=1S/C15H26N4O/c1-9(2)13-18-14(12(16)15(19-13)20-4)17-11-8-6-5-7-10(11)3/h9-11H,5-8,16H2,1-4H3,(H,17,18,19). The smallest absolute Gasteiger partial charge is 0.242 e. The van der Waals surface area contributed by atoms with E-state index in [-0.39, 0.29) is 5.92 Å². The molecule has 2 unspecified atom stereocenters. The molecular formula is C15H26N4O. The molecule has 1 aromatic rings. The molecule has 1 aromatic heterocycles. The van der Waals surface area contributed by atoms with E-state index < -0.39 is 0 Å². The van der Waals surface area contributed by atoms with Crippen LogP contribution in [0.5, 0.6) is 5.88 Å². The van der Waals surface area contributed by atoms with Gasteiger partial charge in [0.25, 0.3) is 0 Å². The molecule has 5 heteroatoms. The maximum atomic E-state index is 6.11. The van der Waals surface area contributed by atoms with Crippen molar-refractivity contribution in [3.8, 4) is 5.88 Å². The Bertz CT molecular complexity index is 461. The minimum absolute atomic E-state index is 0.244. The van der Waals surface area contributed by atoms with E-state index in [4.69, 9.17) is 10.5 Å². The maximum absolute atomic E-state index is 6.11. The van der Waals surface area contributed by atoms with Crippen molar-refractivity contribution in [3.05, 3.63) is 5.82 Å². The normalized spacial score (nSPS) is 22.9. The third kappa shape index (κ3) is 3.14. The van der Waals surface area contributed by atoms with Crippen LogP contribution in [0.2, 0.25) is 0 Å². The monoisotopic (exact) mass is 278 g/mol. The lowest BCUT2D eigenvalue weighted by molar-refractivity contribution is 0.348. The van der Waals surface area contributed by atoms with E-state index in [1.807, 2.05) is 0 Å². The number of nitrogens with one attached hydrogen (secondary N) is 1. The van der Waals surface area contributed by atoms with Gasteiger partial charge in [-0.2, -0.15) is 4.98 Å². The van der Waals surface area contributed by atoms with Crippen molar-refractivity contribution in [2.24, 2.45) is 5.92 Å². The molecule has 1 aliphatic rings. The van der Waals surface area contributed by atoms with Gasteiger partial charge in [-0.3, -0.25) is 0 Å². The molecular weight excluding hydrogens is 252 g/mol. The summed E-state index contributed by atoms with van der Waals surface area (Å²) in [5.41, 5.74) is 6.62. The molecule has 0 spiro atoms. The van der Waals surface area contributed by atoms with Crippen LogP contribution in [0.25, 0.3) is 0 Å². The maximum Gasteiger partial charge on any atom is 0.242 e. The number of anilines is 2. The van der Waals surface area contributed by atoms with Gasteiger partial charge in [0.1, 0.15) is 11.5 Å². The summed E-state index contributed by atoms with van der Waals surface area (Å²) in [6.45, 7) is 6.42. The molecule has 0 aliphatic heterocycles. The lowest BCUT2D eigenvalue weighted by Gasteiger charge is -2.30. The number of ether oxygens (including phenoxy) is 1. The number of rotatable bonds is 4. The third-order valence-corrected chi connectivity index (χ3v) is 4.07. The molecule has 1 aliphatic carbocycles. The molecule has 0 aromatic carbocycles. The summed E-state index contributed by atoms with van der Waals surface area (Å²) >= 11 is 0. The topological polar surface area (TPSA) is 73.1 Å². The molecule has 0 radical (unpaired) electrons. The minimum Gasteiger partial charge on any atom is -0.479 e. The highest BCUT2D eigenvalue weighted by molar-refractivity contribution is 5.67. The molecule has 112 valence electrons. The van der Waals surface area contributed by atoms with Crippen molar-refractivity contribution < 1.29 is 4.74 Å². The zero-order valence-corrected chi connectivity index (χ0v) is 12.9. The SMILES string of the molecule is COc1nc(C(C)C)nc(NC2CCCCC2C)c1N. The van der Waals surface area contributed by atoms with Gasteiger partial charge in [-0.1, -0.05) is 33.6 Å². The van der Waals surface area contributed by atoms with Crippen molar-refractivity contribution in [1.29, 1.82) is 0 Å². The Morgan fingerprint density at radius 2 is 1.95 bits per heavy atom. The molecule has 2 rings (SSSR count). The number of nitrogens with two attached hydrogens (primary N) is 1. The van der Waals surface area contributed by atoms with E-state index in [1.165, 1.54) is 25.7 Å². The van der Waals surface area contributed by atoms with Crippen molar-refractivity contribution in [2.45, 2.75) is 58.4 Å². The van der Waals surface area contributed by atoms with Gasteiger partial charge in [-0.05, 0) is 18.8 Å². The Balaban J connectivity index is 2.27. The summed E-state index contributed by atoms with van der Waals surface area (Å²) < 4.78 is 5.28. The van der Waals surface area contributed by atoms with Crippen molar-refractivity contribution in [2.75, 3.05) is 18.2 Å². The van der Waals surface area contributed by atoms with Crippen LogP contribution < -0.4 is 15.8 Å². The number of aromatic nitrogens is 2. The van der Waals surface area contributed by atoms with Gasteiger partial charge >= 0.3 is 0 Å². The zero-order chi connectivity index (χ0) is 14.7. The van der Waals surface area contributed by atoms with E-state index >= 15 is 0 Å². The van der Waals surface area contributed by atoms with Gasteiger partial charge in [0.2, 0.25) is 5.88 Å². The molecule has 3 N–H and O–H groups in total. The highest BCUT2D eigenvalue weighted by Gasteiger charge is 2.23. The highest BCUT2D eigenvalue weighted by Crippen LogP contribution is 2.32. The highest BCUT2D eigenvalue weighted by atomic mass is 16.5. The van der Waals surface area contributed by atoms with Crippen LogP contribution in [0.1, 0.15) is 58.2 Å². The molecule has 0 bridgehead atoms. The third-order valence-electron chi connectivity index (χ3n) is 4.07. The molecule has 5 nitrogen and oxygen atoms in total. The van der Waals surface area contributed by atoms with Crippen LogP contribution in [0.4, 0.5) is 11.5 Å². The zero-order valence-electron chi connectivity index (χ0n) is 12.9. The predicted octanol–water partition coefficient (Wildman–Crippen LogP) is 3.18. The van der Waals surface area contributed by atoms with Gasteiger partial charge in [0.15, 0.2) is 5.82 Å². The number of nitrogens with zero attached hydrogens (tertiary/aromatic N) is 2. The van der Waals surface area contributed by atoms with Crippen molar-refractivity contribution >= 4 is 11.5 Å². The van der Waals surface area contributed by atoms with Gasteiger partial charge in [0, 0.05) is 12.0 Å². The molecule has 20 heavy (non-hydrogen) atoms. The summed E-state index contributed by atoms with van der Waals surface area (Å²) in [6.07, 6.45) is 5.01. The predicted molar refractivity (Wildman–Crippen MR) is 82.1 cm³/mol. The Hall–Kier alpha value is -1.52. The Morgan fingerprint density at radius 1 is 1.25 bits per heavy atom. The second-order valence-corrected chi connectivity index (χ2v) is 6.02. The van der Waals surface area contributed by atoms with Crippen LogP contribution in [-0.4, -0.2) is 23.1 Å². The molecule has 0 saturated heterocycles. The van der Waals surface area contributed by atoms with Gasteiger partial charge in [0.05, 0.1) is 7.11 Å². The fraction of sp³-hybridized carbons (Fsp3) is 0.733. The number of hydrogen-bond acceptors (Lipinski definition) is 5. The lowest BCUT2D eigenvalue weighted by Crippen LogP contribution is -2.31. The first-order valence-electron chi connectivity index (χ1n) is 7.50. The van der Waals surface area contributed by atoms with Gasteiger partial charge < -0.3 is 15.8 Å². The Labute approximate surface area is 121 Å². The minimum atomic E-state index is 0.244. The first kappa shape index (κ1) is 14.9. The van der Waals surface area contributed by atoms with Crippen molar-refractivity contribution in [1.82, 2.24) is 9.97 Å². The van der Waals surface area contributed by atoms with E-state index in [1.54, 1.807) is 7.11 Å². The largest absolute Gasteiger partial charge is 0.479 e. The molecule has 1 saturated carbocycles. The molecule has 1 fully saturated rings. The average Bonchev–Trinajstić information content (AvgIpc) is 2.43. The second-order valence-electron chi connectivity index (χ2n) is 6.02. The van der Waals surface area contributed by atoms with E-state index in [2.05, 4.69) is 36.1 Å². The van der Waals surface area contributed by atoms with Crippen LogP contribution in [0, 0.1) is 5.92 Å². The lowest BCUT2D eigenvalue weighted by atomic mass is 9.86. The fourth-order valence-corrected chi connectivity index (χ4v) is 2.70. The first-order chi connectivity index (χ1) is 9.52. The van der Waals surface area contributed by atoms with E-state index in [0.29, 0.717) is 23.5 Å². The number of hydrogen-bond donors (Lipinski definition) is 2. The Morgan fingerprint density at radius 3 is 2.55 bits per heavy atom. The number of methoxy groups -OCH3 is 1. The first-order valence-corrected chi connectivity index (χ1v) is 7.50. The van der Waals surface area contributed by atoms with Gasteiger partial charge in [-0.15, -0.1) is 0 Å². The van der Waals surface area contributed by atoms with Crippen LogP contribution in [0.15, 0.2) is 0 Å².